The highest BCUT2D eigenvalue weighted by Crippen LogP contribution is 2.02. The standard InChI is InChI=1S/C18H17BrN4O3/c19-16-17(24)22(13-26-12-14-6-2-1-3-7-14)18(25)23(21-16)11-9-15-8-4-5-10-20-15/h1-8,10H,9,11-13H2. The van der Waals surface area contributed by atoms with Gasteiger partial charge in [0, 0.05) is 18.3 Å². The summed E-state index contributed by atoms with van der Waals surface area (Å²) >= 11 is 3.12. The van der Waals surface area contributed by atoms with Gasteiger partial charge in [-0.2, -0.15) is 5.10 Å². The molecule has 26 heavy (non-hydrogen) atoms. The van der Waals surface area contributed by atoms with Crippen LogP contribution in [0.5, 0.6) is 0 Å². The molecule has 0 spiro atoms. The Morgan fingerprint density at radius 2 is 1.81 bits per heavy atom. The van der Waals surface area contributed by atoms with E-state index >= 15 is 0 Å². The molecule has 0 saturated heterocycles. The zero-order chi connectivity index (χ0) is 18.4. The van der Waals surface area contributed by atoms with Crippen LogP contribution in [0, 0.1) is 0 Å². The summed E-state index contributed by atoms with van der Waals surface area (Å²) in [6.07, 6.45) is 2.23. The summed E-state index contributed by atoms with van der Waals surface area (Å²) < 4.78 is 7.87. The van der Waals surface area contributed by atoms with E-state index in [1.54, 1.807) is 6.20 Å². The first-order chi connectivity index (χ1) is 12.6. The van der Waals surface area contributed by atoms with E-state index in [0.29, 0.717) is 19.6 Å². The second-order valence-corrected chi connectivity index (χ2v) is 6.32. The number of halogens is 1. The van der Waals surface area contributed by atoms with Crippen molar-refractivity contribution in [3.05, 3.63) is 91.4 Å². The highest BCUT2D eigenvalue weighted by molar-refractivity contribution is 9.10. The Bertz CT molecular complexity index is 971. The maximum atomic E-state index is 12.5. The largest absolute Gasteiger partial charge is 0.356 e. The number of nitrogens with zero attached hydrogens (tertiary/aromatic N) is 4. The van der Waals surface area contributed by atoms with E-state index in [-0.39, 0.29) is 11.3 Å². The van der Waals surface area contributed by atoms with E-state index in [1.807, 2.05) is 48.5 Å². The molecule has 3 rings (SSSR count). The monoisotopic (exact) mass is 416 g/mol. The quantitative estimate of drug-likeness (QED) is 0.588. The van der Waals surface area contributed by atoms with E-state index in [9.17, 15) is 9.59 Å². The SMILES string of the molecule is O=c1c(Br)nn(CCc2ccccn2)c(=O)n1COCc1ccccc1. The van der Waals surface area contributed by atoms with Crippen molar-refractivity contribution >= 4 is 15.9 Å². The molecule has 1 aromatic carbocycles. The summed E-state index contributed by atoms with van der Waals surface area (Å²) in [6.45, 7) is 0.477. The number of aryl methyl sites for hydroxylation is 2. The van der Waals surface area contributed by atoms with Crippen LogP contribution in [0.25, 0.3) is 0 Å². The number of aromatic nitrogens is 4. The fourth-order valence-corrected chi connectivity index (χ4v) is 2.79. The summed E-state index contributed by atoms with van der Waals surface area (Å²) in [4.78, 5) is 29.0. The molecule has 7 nitrogen and oxygen atoms in total. The third-order valence-electron chi connectivity index (χ3n) is 3.72. The molecule has 2 heterocycles. The predicted molar refractivity (Wildman–Crippen MR) is 99.6 cm³/mol. The normalized spacial score (nSPS) is 10.8. The Hall–Kier alpha value is -2.58. The van der Waals surface area contributed by atoms with Crippen LogP contribution in [0.2, 0.25) is 0 Å². The molecule has 0 aliphatic rings. The molecule has 0 aliphatic carbocycles. The van der Waals surface area contributed by atoms with Crippen molar-refractivity contribution in [2.75, 3.05) is 0 Å². The minimum Gasteiger partial charge on any atom is -0.356 e. The molecule has 0 atom stereocenters. The van der Waals surface area contributed by atoms with Crippen LogP contribution in [0.4, 0.5) is 0 Å². The van der Waals surface area contributed by atoms with Crippen LogP contribution < -0.4 is 11.2 Å². The zero-order valence-corrected chi connectivity index (χ0v) is 15.5. The van der Waals surface area contributed by atoms with Gasteiger partial charge in [-0.3, -0.25) is 9.78 Å². The molecule has 8 heteroatoms. The maximum absolute atomic E-state index is 12.5. The van der Waals surface area contributed by atoms with Gasteiger partial charge in [0.25, 0.3) is 5.56 Å². The fourth-order valence-electron chi connectivity index (χ4n) is 2.38. The van der Waals surface area contributed by atoms with Gasteiger partial charge in [0.05, 0.1) is 13.2 Å². The summed E-state index contributed by atoms with van der Waals surface area (Å²) in [5, 5.41) is 4.02. The molecule has 0 N–H and O–H groups in total. The molecule has 134 valence electrons. The highest BCUT2D eigenvalue weighted by atomic mass is 79.9. The lowest BCUT2D eigenvalue weighted by Gasteiger charge is -2.10. The minimum atomic E-state index is -0.517. The third kappa shape index (κ3) is 4.53. The van der Waals surface area contributed by atoms with Crippen LogP contribution >= 0.6 is 15.9 Å². The lowest BCUT2D eigenvalue weighted by atomic mass is 10.2. The Morgan fingerprint density at radius 3 is 2.54 bits per heavy atom. The summed E-state index contributed by atoms with van der Waals surface area (Å²) in [6, 6.07) is 15.1. The molecule has 0 bridgehead atoms. The van der Waals surface area contributed by atoms with Crippen LogP contribution in [0.1, 0.15) is 11.3 Å². The van der Waals surface area contributed by atoms with Crippen molar-refractivity contribution in [1.82, 2.24) is 19.3 Å². The lowest BCUT2D eigenvalue weighted by Crippen LogP contribution is -2.42. The summed E-state index contributed by atoms with van der Waals surface area (Å²) in [5.41, 5.74) is 0.777. The van der Waals surface area contributed by atoms with Crippen LogP contribution in [0.15, 0.2) is 68.9 Å². The number of ether oxygens (including phenoxy) is 1. The van der Waals surface area contributed by atoms with Crippen molar-refractivity contribution < 1.29 is 4.74 Å². The predicted octanol–water partition coefficient (Wildman–Crippen LogP) is 1.98. The first-order valence-electron chi connectivity index (χ1n) is 8.04. The molecule has 0 saturated carbocycles. The minimum absolute atomic E-state index is 0.0708. The Labute approximate surface area is 158 Å². The molecule has 0 radical (unpaired) electrons. The molecule has 0 unspecified atom stereocenters. The molecule has 0 fully saturated rings. The van der Waals surface area contributed by atoms with Crippen LogP contribution in [0.3, 0.4) is 0 Å². The maximum Gasteiger partial charge on any atom is 0.349 e. The Kier molecular flexibility index (Phi) is 6.08. The topological polar surface area (TPSA) is 79.0 Å². The van der Waals surface area contributed by atoms with E-state index < -0.39 is 11.2 Å². The fraction of sp³-hybridized carbons (Fsp3) is 0.222. The van der Waals surface area contributed by atoms with Gasteiger partial charge in [0.1, 0.15) is 6.73 Å². The Balaban J connectivity index is 1.73. The number of pyridine rings is 1. The van der Waals surface area contributed by atoms with Gasteiger partial charge in [-0.1, -0.05) is 36.4 Å². The number of hydrogen-bond acceptors (Lipinski definition) is 5. The van der Waals surface area contributed by atoms with E-state index in [4.69, 9.17) is 4.74 Å². The Morgan fingerprint density at radius 1 is 1.04 bits per heavy atom. The highest BCUT2D eigenvalue weighted by Gasteiger charge is 2.12. The van der Waals surface area contributed by atoms with Gasteiger partial charge in [0.2, 0.25) is 0 Å². The number of hydrogen-bond donors (Lipinski definition) is 0. The van der Waals surface area contributed by atoms with Crippen molar-refractivity contribution in [1.29, 1.82) is 0 Å². The first-order valence-corrected chi connectivity index (χ1v) is 8.83. The number of rotatable bonds is 7. The summed E-state index contributed by atoms with van der Waals surface area (Å²) in [7, 11) is 0. The molecule has 0 aliphatic heterocycles. The van der Waals surface area contributed by atoms with Gasteiger partial charge in [-0.25, -0.2) is 14.0 Å². The van der Waals surface area contributed by atoms with Gasteiger partial charge < -0.3 is 4.74 Å². The molecular weight excluding hydrogens is 400 g/mol. The van der Waals surface area contributed by atoms with E-state index in [2.05, 4.69) is 26.0 Å². The molecular formula is C18H17BrN4O3. The van der Waals surface area contributed by atoms with Crippen molar-refractivity contribution in [2.24, 2.45) is 0 Å². The molecule has 0 amide bonds. The molecule has 2 aromatic heterocycles. The average Bonchev–Trinajstić information content (AvgIpc) is 2.68. The van der Waals surface area contributed by atoms with Crippen molar-refractivity contribution in [2.45, 2.75) is 26.3 Å². The van der Waals surface area contributed by atoms with Crippen molar-refractivity contribution in [3.63, 3.8) is 0 Å². The zero-order valence-electron chi connectivity index (χ0n) is 13.9. The first kappa shape index (κ1) is 18.2. The van der Waals surface area contributed by atoms with Gasteiger partial charge in [-0.05, 0) is 33.6 Å². The van der Waals surface area contributed by atoms with Crippen molar-refractivity contribution in [3.8, 4) is 0 Å². The summed E-state index contributed by atoms with van der Waals surface area (Å²) in [5.74, 6) is 0. The third-order valence-corrected chi connectivity index (χ3v) is 4.22. The smallest absolute Gasteiger partial charge is 0.349 e. The van der Waals surface area contributed by atoms with E-state index in [1.165, 1.54) is 4.68 Å². The number of benzene rings is 1. The van der Waals surface area contributed by atoms with Gasteiger partial charge in [-0.15, -0.1) is 0 Å². The van der Waals surface area contributed by atoms with E-state index in [0.717, 1.165) is 15.8 Å². The molecule has 3 aromatic rings. The second-order valence-electron chi connectivity index (χ2n) is 5.56. The van der Waals surface area contributed by atoms with Gasteiger partial charge >= 0.3 is 5.69 Å². The van der Waals surface area contributed by atoms with Crippen LogP contribution in [-0.4, -0.2) is 19.3 Å². The second kappa shape index (κ2) is 8.68. The lowest BCUT2D eigenvalue weighted by molar-refractivity contribution is 0.0568. The average molecular weight is 417 g/mol. The van der Waals surface area contributed by atoms with Gasteiger partial charge in [0.15, 0.2) is 4.60 Å². The van der Waals surface area contributed by atoms with Crippen LogP contribution in [-0.2, 0) is 31.0 Å².